The summed E-state index contributed by atoms with van der Waals surface area (Å²) in [6.07, 6.45) is -1.02. The van der Waals surface area contributed by atoms with Gasteiger partial charge in [0.2, 0.25) is 0 Å². The predicted octanol–water partition coefficient (Wildman–Crippen LogP) is 2.28. The van der Waals surface area contributed by atoms with Crippen LogP contribution in [0.5, 0.6) is 0 Å². The predicted molar refractivity (Wildman–Crippen MR) is 76.3 cm³/mol. The summed E-state index contributed by atoms with van der Waals surface area (Å²) in [5, 5.41) is 5.56. The average molecular weight is 321 g/mol. The summed E-state index contributed by atoms with van der Waals surface area (Å²) in [5.41, 5.74) is -0.255. The van der Waals surface area contributed by atoms with Gasteiger partial charge in [0.05, 0.1) is 6.54 Å². The lowest BCUT2D eigenvalue weighted by Crippen LogP contribution is -2.43. The molecule has 0 aromatic heterocycles. The topological polar surface area (TPSA) is 89.7 Å². The van der Waals surface area contributed by atoms with Gasteiger partial charge in [0.15, 0.2) is 0 Å². The number of hydrogen-bond acceptors (Lipinski definition) is 4. The van der Waals surface area contributed by atoms with E-state index in [1.807, 2.05) is 0 Å². The summed E-state index contributed by atoms with van der Waals surface area (Å²) >= 11 is 5.74. The van der Waals surface area contributed by atoms with E-state index in [2.05, 4.69) is 0 Å². The van der Waals surface area contributed by atoms with Crippen LogP contribution < -0.4 is 5.14 Å². The second kappa shape index (κ2) is 5.99. The third-order valence-electron chi connectivity index (χ3n) is 2.14. The number of rotatable bonds is 3. The molecule has 6 nitrogen and oxygen atoms in total. The molecule has 0 aliphatic heterocycles. The van der Waals surface area contributed by atoms with E-state index < -0.39 is 21.9 Å². The van der Waals surface area contributed by atoms with E-state index in [0.29, 0.717) is 14.9 Å². The molecule has 0 heterocycles. The Balaban J connectivity index is 2.97. The van der Waals surface area contributed by atoms with Gasteiger partial charge in [-0.2, -0.15) is 12.7 Å². The quantitative estimate of drug-likeness (QED) is 0.925. The van der Waals surface area contributed by atoms with E-state index >= 15 is 0 Å². The minimum Gasteiger partial charge on any atom is -0.443 e. The van der Waals surface area contributed by atoms with Crippen molar-refractivity contribution in [1.29, 1.82) is 0 Å². The first-order valence-corrected chi connectivity index (χ1v) is 7.65. The number of hydrogen-bond donors (Lipinski definition) is 1. The monoisotopic (exact) mass is 320 g/mol. The van der Waals surface area contributed by atoms with E-state index in [1.165, 1.54) is 0 Å². The Kier molecular flexibility index (Phi) is 5.01. The molecule has 0 saturated heterocycles. The maximum atomic E-state index is 11.9. The molecule has 20 heavy (non-hydrogen) atoms. The van der Waals surface area contributed by atoms with Crippen LogP contribution in [0.2, 0.25) is 5.02 Å². The number of halogens is 1. The molecule has 1 amide bonds. The number of benzene rings is 1. The highest BCUT2D eigenvalue weighted by atomic mass is 35.5. The largest absolute Gasteiger partial charge is 0.443 e. The van der Waals surface area contributed by atoms with Gasteiger partial charge in [-0.25, -0.2) is 9.93 Å². The minimum atomic E-state index is -4.22. The van der Waals surface area contributed by atoms with Crippen molar-refractivity contribution in [3.63, 3.8) is 0 Å². The first-order valence-electron chi connectivity index (χ1n) is 5.77. The molecule has 1 rings (SSSR count). The molecule has 0 spiro atoms. The first-order chi connectivity index (χ1) is 8.99. The average Bonchev–Trinajstić information content (AvgIpc) is 2.24. The minimum absolute atomic E-state index is 0.217. The van der Waals surface area contributed by atoms with Crippen LogP contribution in [0.25, 0.3) is 0 Å². The molecule has 112 valence electrons. The maximum absolute atomic E-state index is 11.9. The van der Waals surface area contributed by atoms with Gasteiger partial charge in [0.25, 0.3) is 0 Å². The zero-order valence-electron chi connectivity index (χ0n) is 11.5. The van der Waals surface area contributed by atoms with Gasteiger partial charge in [-0.15, -0.1) is 0 Å². The highest BCUT2D eigenvalue weighted by Crippen LogP contribution is 2.16. The molecule has 0 saturated carbocycles. The molecule has 0 fully saturated rings. The van der Waals surface area contributed by atoms with Crippen molar-refractivity contribution in [2.75, 3.05) is 0 Å². The summed E-state index contributed by atoms with van der Waals surface area (Å²) in [6, 6.07) is 6.39. The number of amides is 1. The van der Waals surface area contributed by atoms with Crippen molar-refractivity contribution < 1.29 is 17.9 Å². The Labute approximate surface area is 123 Å². The highest BCUT2D eigenvalue weighted by Gasteiger charge is 2.29. The van der Waals surface area contributed by atoms with Gasteiger partial charge < -0.3 is 4.74 Å². The molecule has 0 unspecified atom stereocenters. The number of carbonyl (C=O) groups is 1. The van der Waals surface area contributed by atoms with E-state index in [1.54, 1.807) is 45.0 Å². The van der Waals surface area contributed by atoms with Crippen molar-refractivity contribution in [2.45, 2.75) is 32.9 Å². The Hall–Kier alpha value is -1.31. The summed E-state index contributed by atoms with van der Waals surface area (Å²) in [4.78, 5) is 11.9. The van der Waals surface area contributed by atoms with Crippen molar-refractivity contribution in [1.82, 2.24) is 4.31 Å². The SMILES string of the molecule is CC(C)(C)OC(=O)N(Cc1ccc(Cl)cc1)S(N)(=O)=O. The molecule has 1 aromatic carbocycles. The first kappa shape index (κ1) is 16.7. The molecular formula is C12H17ClN2O4S. The van der Waals surface area contributed by atoms with Crippen LogP contribution in [0.3, 0.4) is 0 Å². The lowest BCUT2D eigenvalue weighted by molar-refractivity contribution is 0.0381. The third kappa shape index (κ3) is 5.36. The standard InChI is InChI=1S/C12H17ClN2O4S/c1-12(2,3)19-11(16)15(20(14,17)18)8-9-4-6-10(13)7-5-9/h4-7H,8H2,1-3H3,(H2,14,17,18). The van der Waals surface area contributed by atoms with Crippen LogP contribution in [0.1, 0.15) is 26.3 Å². The Morgan fingerprint density at radius 1 is 1.30 bits per heavy atom. The molecule has 0 radical (unpaired) electrons. The lowest BCUT2D eigenvalue weighted by atomic mass is 10.2. The molecule has 0 aliphatic rings. The molecule has 1 aromatic rings. The maximum Gasteiger partial charge on any atom is 0.425 e. The summed E-state index contributed by atoms with van der Waals surface area (Å²) in [5.74, 6) is 0. The molecule has 0 atom stereocenters. The van der Waals surface area contributed by atoms with E-state index in [9.17, 15) is 13.2 Å². The van der Waals surface area contributed by atoms with Crippen LogP contribution in [0.4, 0.5) is 4.79 Å². The zero-order valence-corrected chi connectivity index (χ0v) is 13.0. The van der Waals surface area contributed by atoms with Crippen LogP contribution in [0.15, 0.2) is 24.3 Å². The fourth-order valence-corrected chi connectivity index (χ4v) is 2.03. The lowest BCUT2D eigenvalue weighted by Gasteiger charge is -2.25. The summed E-state index contributed by atoms with van der Waals surface area (Å²) in [6.45, 7) is 4.68. The fraction of sp³-hybridized carbons (Fsp3) is 0.417. The second-order valence-electron chi connectivity index (χ2n) is 5.16. The molecule has 0 bridgehead atoms. The van der Waals surface area contributed by atoms with Gasteiger partial charge in [-0.3, -0.25) is 0 Å². The van der Waals surface area contributed by atoms with Crippen LogP contribution in [-0.2, 0) is 21.5 Å². The van der Waals surface area contributed by atoms with Crippen LogP contribution >= 0.6 is 11.6 Å². The Morgan fingerprint density at radius 2 is 1.80 bits per heavy atom. The van der Waals surface area contributed by atoms with Gasteiger partial charge in [-0.1, -0.05) is 23.7 Å². The van der Waals surface area contributed by atoms with Crippen LogP contribution in [0, 0.1) is 0 Å². The molecule has 2 N–H and O–H groups in total. The van der Waals surface area contributed by atoms with E-state index in [0.717, 1.165) is 0 Å². The fourth-order valence-electron chi connectivity index (χ4n) is 1.33. The van der Waals surface area contributed by atoms with Gasteiger partial charge in [0, 0.05) is 5.02 Å². The number of ether oxygens (including phenoxy) is 1. The zero-order chi connectivity index (χ0) is 15.6. The number of nitrogens with two attached hydrogens (primary N) is 1. The number of nitrogens with zero attached hydrogens (tertiary/aromatic N) is 1. The van der Waals surface area contributed by atoms with E-state index in [-0.39, 0.29) is 6.54 Å². The Morgan fingerprint density at radius 3 is 2.20 bits per heavy atom. The second-order valence-corrected chi connectivity index (χ2v) is 7.07. The normalized spacial score (nSPS) is 12.1. The van der Waals surface area contributed by atoms with Crippen LogP contribution in [-0.4, -0.2) is 24.4 Å². The number of carbonyl (C=O) groups excluding carboxylic acids is 1. The molecule has 0 aliphatic carbocycles. The van der Waals surface area contributed by atoms with Gasteiger partial charge >= 0.3 is 16.3 Å². The highest BCUT2D eigenvalue weighted by molar-refractivity contribution is 7.87. The molecule has 8 heteroatoms. The summed E-state index contributed by atoms with van der Waals surface area (Å²) in [7, 11) is -4.22. The third-order valence-corrected chi connectivity index (χ3v) is 3.29. The van der Waals surface area contributed by atoms with Gasteiger partial charge in [0.1, 0.15) is 5.60 Å². The molecular weight excluding hydrogens is 304 g/mol. The Bertz CT molecular complexity index is 578. The van der Waals surface area contributed by atoms with E-state index in [4.69, 9.17) is 21.5 Å². The van der Waals surface area contributed by atoms with Crippen molar-refractivity contribution in [3.8, 4) is 0 Å². The van der Waals surface area contributed by atoms with Crippen molar-refractivity contribution in [3.05, 3.63) is 34.9 Å². The summed E-state index contributed by atoms with van der Waals surface area (Å²) < 4.78 is 28.5. The van der Waals surface area contributed by atoms with Crippen molar-refractivity contribution in [2.24, 2.45) is 5.14 Å². The smallest absolute Gasteiger partial charge is 0.425 e. The van der Waals surface area contributed by atoms with Gasteiger partial charge in [-0.05, 0) is 38.5 Å². The van der Waals surface area contributed by atoms with Crippen molar-refractivity contribution >= 4 is 27.9 Å².